The lowest BCUT2D eigenvalue weighted by Gasteiger charge is -2.10. The van der Waals surface area contributed by atoms with Crippen molar-refractivity contribution in [2.75, 3.05) is 39.5 Å². The van der Waals surface area contributed by atoms with Crippen LogP contribution in [0, 0.1) is 0 Å². The normalized spacial score (nSPS) is 15.6. The molecule has 0 heterocycles. The number of unbranched alkanes of at least 4 members (excludes halogenated alkanes) is 1. The molecule has 0 bridgehead atoms. The first-order valence-electron chi connectivity index (χ1n) is 7.57. The van der Waals surface area contributed by atoms with E-state index in [0.717, 1.165) is 25.5 Å². The van der Waals surface area contributed by atoms with E-state index < -0.39 is 0 Å². The van der Waals surface area contributed by atoms with Gasteiger partial charge in [0.1, 0.15) is 0 Å². The molecule has 2 N–H and O–H groups in total. The van der Waals surface area contributed by atoms with Crippen LogP contribution in [0.2, 0.25) is 0 Å². The quantitative estimate of drug-likeness (QED) is 0.340. The maximum Gasteiger partial charge on any atom is 0.191 e. The van der Waals surface area contributed by atoms with Crippen LogP contribution in [0.1, 0.15) is 39.5 Å². The zero-order chi connectivity index (χ0) is 13.8. The van der Waals surface area contributed by atoms with E-state index in [9.17, 15) is 0 Å². The van der Waals surface area contributed by atoms with Crippen molar-refractivity contribution in [3.63, 3.8) is 0 Å². The van der Waals surface area contributed by atoms with E-state index in [1.165, 1.54) is 19.3 Å². The van der Waals surface area contributed by atoms with Crippen molar-refractivity contribution in [1.29, 1.82) is 0 Å². The molecular weight excluding hydrogens is 242 g/mol. The summed E-state index contributed by atoms with van der Waals surface area (Å²) in [4.78, 5) is 4.47. The van der Waals surface area contributed by atoms with Crippen molar-refractivity contribution in [1.82, 2.24) is 10.6 Å². The predicted octanol–water partition coefficient (Wildman–Crippen LogP) is 1.54. The molecule has 112 valence electrons. The number of rotatable bonds is 11. The molecule has 5 heteroatoms. The second-order valence-corrected chi connectivity index (χ2v) is 4.76. The molecule has 0 aromatic rings. The lowest BCUT2D eigenvalue weighted by atomic mass is 10.4. The van der Waals surface area contributed by atoms with Crippen LogP contribution in [0.3, 0.4) is 0 Å². The Morgan fingerprint density at radius 2 is 1.84 bits per heavy atom. The van der Waals surface area contributed by atoms with E-state index >= 15 is 0 Å². The van der Waals surface area contributed by atoms with Gasteiger partial charge >= 0.3 is 0 Å². The highest BCUT2D eigenvalue weighted by Crippen LogP contribution is 2.18. The SMILES string of the molecule is CCCCOCCOCCN=C(NCC)NC1CC1. The van der Waals surface area contributed by atoms with Crippen LogP contribution >= 0.6 is 0 Å². The third-order valence-corrected chi connectivity index (χ3v) is 2.78. The summed E-state index contributed by atoms with van der Waals surface area (Å²) in [6, 6.07) is 0.630. The second kappa shape index (κ2) is 11.1. The van der Waals surface area contributed by atoms with Gasteiger partial charge in [-0.05, 0) is 26.2 Å². The summed E-state index contributed by atoms with van der Waals surface area (Å²) in [5.74, 6) is 0.910. The van der Waals surface area contributed by atoms with Crippen molar-refractivity contribution < 1.29 is 9.47 Å². The van der Waals surface area contributed by atoms with Crippen molar-refractivity contribution in [2.24, 2.45) is 4.99 Å². The van der Waals surface area contributed by atoms with Crippen LogP contribution in [0.25, 0.3) is 0 Å². The lowest BCUT2D eigenvalue weighted by Crippen LogP contribution is -2.38. The molecule has 1 saturated carbocycles. The van der Waals surface area contributed by atoms with Crippen LogP contribution in [0.4, 0.5) is 0 Å². The Hall–Kier alpha value is -0.810. The minimum Gasteiger partial charge on any atom is -0.379 e. The summed E-state index contributed by atoms with van der Waals surface area (Å²) in [5, 5.41) is 6.61. The van der Waals surface area contributed by atoms with Crippen molar-refractivity contribution in [3.8, 4) is 0 Å². The number of nitrogens with one attached hydrogen (secondary N) is 2. The fourth-order valence-electron chi connectivity index (χ4n) is 1.53. The van der Waals surface area contributed by atoms with E-state index in [2.05, 4.69) is 29.5 Å². The first-order valence-corrected chi connectivity index (χ1v) is 7.57. The second-order valence-electron chi connectivity index (χ2n) is 4.76. The maximum absolute atomic E-state index is 5.48. The molecule has 0 radical (unpaired) electrons. The largest absolute Gasteiger partial charge is 0.379 e. The van der Waals surface area contributed by atoms with Gasteiger partial charge in [-0.25, -0.2) is 0 Å². The van der Waals surface area contributed by atoms with Gasteiger partial charge in [0.25, 0.3) is 0 Å². The van der Waals surface area contributed by atoms with Gasteiger partial charge < -0.3 is 20.1 Å². The molecule has 0 saturated heterocycles. The van der Waals surface area contributed by atoms with Crippen molar-refractivity contribution in [2.45, 2.75) is 45.6 Å². The van der Waals surface area contributed by atoms with E-state index in [4.69, 9.17) is 9.47 Å². The molecule has 0 aliphatic heterocycles. The van der Waals surface area contributed by atoms with E-state index in [1.807, 2.05) is 0 Å². The fourth-order valence-corrected chi connectivity index (χ4v) is 1.53. The molecule has 0 atom stereocenters. The number of hydrogen-bond acceptors (Lipinski definition) is 3. The number of guanidine groups is 1. The predicted molar refractivity (Wildman–Crippen MR) is 78.7 cm³/mol. The molecule has 1 rings (SSSR count). The summed E-state index contributed by atoms with van der Waals surface area (Å²) in [6.45, 7) is 8.66. The van der Waals surface area contributed by atoms with Gasteiger partial charge in [0.2, 0.25) is 0 Å². The van der Waals surface area contributed by atoms with Gasteiger partial charge in [-0.3, -0.25) is 4.99 Å². The monoisotopic (exact) mass is 271 g/mol. The van der Waals surface area contributed by atoms with Crippen LogP contribution in [0.5, 0.6) is 0 Å². The Kier molecular flexibility index (Phi) is 9.45. The number of ether oxygens (including phenoxy) is 2. The minimum absolute atomic E-state index is 0.630. The highest BCUT2D eigenvalue weighted by molar-refractivity contribution is 5.80. The zero-order valence-corrected chi connectivity index (χ0v) is 12.4. The average Bonchev–Trinajstić information content (AvgIpc) is 3.21. The van der Waals surface area contributed by atoms with E-state index in [-0.39, 0.29) is 0 Å². The first kappa shape index (κ1) is 16.2. The highest BCUT2D eigenvalue weighted by Gasteiger charge is 2.21. The Bertz CT molecular complexity index is 243. The molecule has 19 heavy (non-hydrogen) atoms. The number of hydrogen-bond donors (Lipinski definition) is 2. The summed E-state index contributed by atoms with van der Waals surface area (Å²) in [6.07, 6.45) is 4.83. The summed E-state index contributed by atoms with van der Waals surface area (Å²) >= 11 is 0. The van der Waals surface area contributed by atoms with Crippen LogP contribution in [-0.2, 0) is 9.47 Å². The van der Waals surface area contributed by atoms with E-state index in [0.29, 0.717) is 32.4 Å². The molecule has 0 unspecified atom stereocenters. The lowest BCUT2D eigenvalue weighted by molar-refractivity contribution is 0.0497. The topological polar surface area (TPSA) is 54.9 Å². The third kappa shape index (κ3) is 9.73. The van der Waals surface area contributed by atoms with Gasteiger partial charge in [-0.1, -0.05) is 13.3 Å². The van der Waals surface area contributed by atoms with Gasteiger partial charge in [-0.2, -0.15) is 0 Å². The standard InChI is InChI=1S/C14H29N3O2/c1-3-5-9-18-11-12-19-10-8-16-14(15-4-2)17-13-6-7-13/h13H,3-12H2,1-2H3,(H2,15,16,17). The molecule has 0 aromatic heterocycles. The van der Waals surface area contributed by atoms with Gasteiger partial charge in [0, 0.05) is 19.2 Å². The molecule has 0 spiro atoms. The molecule has 1 aliphatic rings. The van der Waals surface area contributed by atoms with Crippen molar-refractivity contribution >= 4 is 5.96 Å². The minimum atomic E-state index is 0.630. The van der Waals surface area contributed by atoms with Gasteiger partial charge in [-0.15, -0.1) is 0 Å². The molecule has 1 aliphatic carbocycles. The highest BCUT2D eigenvalue weighted by atomic mass is 16.5. The zero-order valence-electron chi connectivity index (χ0n) is 12.4. The summed E-state index contributed by atoms with van der Waals surface area (Å²) in [5.41, 5.74) is 0. The van der Waals surface area contributed by atoms with Crippen LogP contribution in [0.15, 0.2) is 4.99 Å². The van der Waals surface area contributed by atoms with Crippen molar-refractivity contribution in [3.05, 3.63) is 0 Å². The first-order chi connectivity index (χ1) is 9.36. The van der Waals surface area contributed by atoms with Crippen LogP contribution in [-0.4, -0.2) is 51.5 Å². The molecular formula is C14H29N3O2. The third-order valence-electron chi connectivity index (χ3n) is 2.78. The number of aliphatic imine (C=N–C) groups is 1. The molecule has 5 nitrogen and oxygen atoms in total. The van der Waals surface area contributed by atoms with E-state index in [1.54, 1.807) is 0 Å². The Balaban J connectivity index is 1.94. The fraction of sp³-hybridized carbons (Fsp3) is 0.929. The smallest absolute Gasteiger partial charge is 0.191 e. The molecule has 0 aromatic carbocycles. The van der Waals surface area contributed by atoms with Gasteiger partial charge in [0.05, 0.1) is 26.4 Å². The molecule has 1 fully saturated rings. The Morgan fingerprint density at radius 1 is 1.11 bits per heavy atom. The average molecular weight is 271 g/mol. The van der Waals surface area contributed by atoms with Crippen LogP contribution < -0.4 is 10.6 Å². The Morgan fingerprint density at radius 3 is 2.47 bits per heavy atom. The summed E-state index contributed by atoms with van der Waals surface area (Å²) in [7, 11) is 0. The maximum atomic E-state index is 5.48. The molecule has 0 amide bonds. The summed E-state index contributed by atoms with van der Waals surface area (Å²) < 4.78 is 10.9. The van der Waals surface area contributed by atoms with Gasteiger partial charge in [0.15, 0.2) is 5.96 Å². The Labute approximate surface area is 117 Å². The number of nitrogens with zero attached hydrogens (tertiary/aromatic N) is 1.